The lowest BCUT2D eigenvalue weighted by atomic mass is 9.90. The van der Waals surface area contributed by atoms with Gasteiger partial charge in [0.2, 0.25) is 11.8 Å². The molecule has 2 aromatic rings. The Balaban J connectivity index is 1.42. The van der Waals surface area contributed by atoms with E-state index >= 15 is 0 Å². The average Bonchev–Trinajstić information content (AvgIpc) is 3.31. The van der Waals surface area contributed by atoms with Crippen LogP contribution in [0.15, 0.2) is 47.4 Å². The number of carbonyl (C=O) groups is 3. The Morgan fingerprint density at radius 3 is 2.49 bits per heavy atom. The predicted molar refractivity (Wildman–Crippen MR) is 129 cm³/mol. The number of benzene rings is 2. The summed E-state index contributed by atoms with van der Waals surface area (Å²) in [5, 5.41) is 5.30. The molecule has 2 aromatic carbocycles. The molecule has 3 amide bonds. The summed E-state index contributed by atoms with van der Waals surface area (Å²) in [4.78, 5) is 40.2. The number of alkyl halides is 3. The molecule has 2 saturated heterocycles. The molecule has 0 bridgehead atoms. The molecule has 0 spiro atoms. The number of sulfone groups is 1. The highest BCUT2D eigenvalue weighted by molar-refractivity contribution is 7.90. The highest BCUT2D eigenvalue weighted by Gasteiger charge is 2.56. The van der Waals surface area contributed by atoms with Gasteiger partial charge < -0.3 is 15.5 Å². The van der Waals surface area contributed by atoms with Crippen molar-refractivity contribution in [2.75, 3.05) is 12.8 Å². The first-order valence-electron chi connectivity index (χ1n) is 12.3. The Morgan fingerprint density at radius 2 is 1.87 bits per heavy atom. The molecule has 2 N–H and O–H groups in total. The Bertz CT molecular complexity index is 1460. The van der Waals surface area contributed by atoms with E-state index in [1.165, 1.54) is 29.2 Å². The molecule has 208 valence electrons. The lowest BCUT2D eigenvalue weighted by Crippen LogP contribution is -2.49. The summed E-state index contributed by atoms with van der Waals surface area (Å²) in [6.07, 6.45) is -2.80. The molecule has 39 heavy (non-hydrogen) atoms. The van der Waals surface area contributed by atoms with Crippen molar-refractivity contribution in [1.29, 1.82) is 0 Å². The van der Waals surface area contributed by atoms with Crippen LogP contribution in [0.3, 0.4) is 0 Å². The van der Waals surface area contributed by atoms with Crippen LogP contribution in [0, 0.1) is 17.7 Å². The van der Waals surface area contributed by atoms with Crippen molar-refractivity contribution in [3.63, 3.8) is 0 Å². The molecular weight excluding hydrogens is 542 g/mol. The molecule has 8 nitrogen and oxygen atoms in total. The van der Waals surface area contributed by atoms with Crippen LogP contribution in [0.5, 0.6) is 0 Å². The average molecular weight is 568 g/mol. The van der Waals surface area contributed by atoms with Gasteiger partial charge in [-0.3, -0.25) is 14.4 Å². The molecule has 2 aliphatic heterocycles. The minimum Gasteiger partial charge on any atom is -0.356 e. The second-order valence-corrected chi connectivity index (χ2v) is 12.3. The zero-order chi connectivity index (χ0) is 28.3. The van der Waals surface area contributed by atoms with Gasteiger partial charge in [0.25, 0.3) is 5.91 Å². The molecule has 0 unspecified atom stereocenters. The van der Waals surface area contributed by atoms with E-state index in [0.717, 1.165) is 18.4 Å². The summed E-state index contributed by atoms with van der Waals surface area (Å²) >= 11 is 0. The van der Waals surface area contributed by atoms with Gasteiger partial charge in [-0.15, -0.1) is 0 Å². The number of likely N-dealkylation sites (tertiary alicyclic amines) is 1. The third-order valence-corrected chi connectivity index (χ3v) is 8.70. The van der Waals surface area contributed by atoms with Crippen molar-refractivity contribution in [1.82, 2.24) is 15.5 Å². The zero-order valence-corrected chi connectivity index (χ0v) is 21.5. The van der Waals surface area contributed by atoms with Crippen LogP contribution in [0.1, 0.15) is 46.8 Å². The second-order valence-electron chi connectivity index (χ2n) is 10.3. The van der Waals surface area contributed by atoms with Crippen LogP contribution in [0.4, 0.5) is 17.6 Å². The first kappa shape index (κ1) is 27.1. The van der Waals surface area contributed by atoms with Crippen LogP contribution >= 0.6 is 0 Å². The van der Waals surface area contributed by atoms with Gasteiger partial charge in [0.05, 0.1) is 16.5 Å². The lowest BCUT2D eigenvalue weighted by molar-refractivity contribution is -0.137. The Hall–Kier alpha value is -3.48. The highest BCUT2D eigenvalue weighted by Crippen LogP contribution is 2.48. The van der Waals surface area contributed by atoms with Gasteiger partial charge >= 0.3 is 6.18 Å². The maximum atomic E-state index is 15.0. The smallest absolute Gasteiger partial charge is 0.356 e. The van der Waals surface area contributed by atoms with Crippen molar-refractivity contribution in [3.05, 3.63) is 65.0 Å². The maximum Gasteiger partial charge on any atom is 0.416 e. The van der Waals surface area contributed by atoms with E-state index in [0.29, 0.717) is 18.9 Å². The summed E-state index contributed by atoms with van der Waals surface area (Å²) in [5.41, 5.74) is -1.28. The minimum absolute atomic E-state index is 0.0443. The van der Waals surface area contributed by atoms with E-state index in [-0.39, 0.29) is 46.9 Å². The van der Waals surface area contributed by atoms with Crippen molar-refractivity contribution in [2.24, 2.45) is 11.8 Å². The largest absolute Gasteiger partial charge is 0.416 e. The summed E-state index contributed by atoms with van der Waals surface area (Å²) in [7, 11) is -3.58. The van der Waals surface area contributed by atoms with Gasteiger partial charge in [0.15, 0.2) is 9.84 Å². The molecule has 0 radical (unpaired) electrons. The first-order chi connectivity index (χ1) is 18.2. The van der Waals surface area contributed by atoms with E-state index in [1.54, 1.807) is 0 Å². The van der Waals surface area contributed by atoms with Crippen LogP contribution in [-0.4, -0.2) is 55.9 Å². The fraction of sp³-hybridized carbons (Fsp3) is 0.423. The first-order valence-corrected chi connectivity index (χ1v) is 14.2. The third kappa shape index (κ3) is 5.36. The molecule has 3 aliphatic rings. The summed E-state index contributed by atoms with van der Waals surface area (Å²) in [5.74, 6) is -3.22. The zero-order valence-electron chi connectivity index (χ0n) is 20.7. The number of hydrogen-bond acceptors (Lipinski definition) is 5. The van der Waals surface area contributed by atoms with Crippen LogP contribution in [0.2, 0.25) is 0 Å². The summed E-state index contributed by atoms with van der Waals surface area (Å²) in [6.45, 7) is 0.0844. The lowest BCUT2D eigenvalue weighted by Gasteiger charge is -2.31. The molecule has 1 aliphatic carbocycles. The molecule has 5 rings (SSSR count). The van der Waals surface area contributed by atoms with Gasteiger partial charge in [-0.05, 0) is 49.1 Å². The molecule has 2 heterocycles. The molecule has 0 aromatic heterocycles. The second kappa shape index (κ2) is 9.61. The fourth-order valence-electron chi connectivity index (χ4n) is 5.51. The molecule has 5 atom stereocenters. The quantitative estimate of drug-likeness (QED) is 0.522. The Labute approximate surface area is 221 Å². The number of carbonyl (C=O) groups excluding carboxylic acids is 3. The fourth-order valence-corrected chi connectivity index (χ4v) is 6.18. The van der Waals surface area contributed by atoms with Gasteiger partial charge in [-0.25, -0.2) is 12.8 Å². The third-order valence-electron chi connectivity index (χ3n) is 7.59. The Kier molecular flexibility index (Phi) is 6.68. The predicted octanol–water partition coefficient (Wildman–Crippen LogP) is 2.84. The number of piperidine rings is 1. The summed E-state index contributed by atoms with van der Waals surface area (Å²) in [6, 6.07) is 5.24. The number of halogens is 4. The molecule has 3 fully saturated rings. The van der Waals surface area contributed by atoms with E-state index in [4.69, 9.17) is 0 Å². The number of rotatable bonds is 6. The molecule has 13 heteroatoms. The number of nitrogens with zero attached hydrogens (tertiary/aromatic N) is 1. The van der Waals surface area contributed by atoms with Crippen LogP contribution < -0.4 is 10.6 Å². The molecular formula is C26H25F4N3O5S. The number of amides is 3. The van der Waals surface area contributed by atoms with E-state index in [9.17, 15) is 40.4 Å². The topological polar surface area (TPSA) is 113 Å². The van der Waals surface area contributed by atoms with Gasteiger partial charge in [0, 0.05) is 42.3 Å². The van der Waals surface area contributed by atoms with Gasteiger partial charge in [-0.2, -0.15) is 13.2 Å². The van der Waals surface area contributed by atoms with Gasteiger partial charge in [0.1, 0.15) is 11.9 Å². The number of hydrogen-bond donors (Lipinski definition) is 2. The van der Waals surface area contributed by atoms with Crippen molar-refractivity contribution >= 4 is 27.6 Å². The van der Waals surface area contributed by atoms with Crippen molar-refractivity contribution in [3.8, 4) is 0 Å². The highest BCUT2D eigenvalue weighted by atomic mass is 32.2. The maximum absolute atomic E-state index is 15.0. The standard InChI is InChI=1S/C26H25F4N3O5S/c1-39(37,38)17-4-2-3-13(7-17)25(36)33-20-8-14(20)9-21(33)24(35)32-23(15-10-22(34)31-12-15)18-6-5-16(11-19(18)27)26(28,29)30/h2-7,11,14-15,20-21,23H,8-10,12H2,1H3,(H,31,34)(H,32,35)/t14-,15+,20-,21-,23+/m1/s1. The summed E-state index contributed by atoms with van der Waals surface area (Å²) < 4.78 is 78.2. The normalized spacial score (nSPS) is 25.2. The van der Waals surface area contributed by atoms with E-state index in [1.807, 2.05) is 0 Å². The number of nitrogens with one attached hydrogen (secondary N) is 2. The van der Waals surface area contributed by atoms with E-state index in [2.05, 4.69) is 10.6 Å². The Morgan fingerprint density at radius 1 is 1.13 bits per heavy atom. The van der Waals surface area contributed by atoms with Crippen molar-refractivity contribution < 1.29 is 40.4 Å². The van der Waals surface area contributed by atoms with E-state index < -0.39 is 57.2 Å². The van der Waals surface area contributed by atoms with Crippen LogP contribution in [-0.2, 0) is 25.6 Å². The van der Waals surface area contributed by atoms with Crippen LogP contribution in [0.25, 0.3) is 0 Å². The SMILES string of the molecule is CS(=O)(=O)c1cccc(C(=O)N2[C@@H](C(=O)N[C@H](c3ccc(C(F)(F)F)cc3F)[C@@H]3CNC(=O)C3)C[C@H]3C[C@H]32)c1. The monoisotopic (exact) mass is 567 g/mol. The minimum atomic E-state index is -4.76. The van der Waals surface area contributed by atoms with Gasteiger partial charge in [-0.1, -0.05) is 12.1 Å². The van der Waals surface area contributed by atoms with Crippen molar-refractivity contribution in [2.45, 2.75) is 48.5 Å². The molecule has 1 saturated carbocycles. The number of fused-ring (bicyclic) bond motifs is 1.